The summed E-state index contributed by atoms with van der Waals surface area (Å²) in [5.74, 6) is 0.491. The number of para-hydroxylation sites is 1. The fourth-order valence-corrected chi connectivity index (χ4v) is 4.86. The zero-order valence-electron chi connectivity index (χ0n) is 19.3. The van der Waals surface area contributed by atoms with Crippen LogP contribution in [0.2, 0.25) is 0 Å². The van der Waals surface area contributed by atoms with Crippen LogP contribution in [0.25, 0.3) is 0 Å². The third-order valence-corrected chi connectivity index (χ3v) is 6.50. The summed E-state index contributed by atoms with van der Waals surface area (Å²) in [6.07, 6.45) is 3.09. The lowest BCUT2D eigenvalue weighted by atomic mass is 9.84. The van der Waals surface area contributed by atoms with Gasteiger partial charge in [-0.15, -0.1) is 0 Å². The molecule has 1 aromatic heterocycles. The molecule has 1 spiro atoms. The van der Waals surface area contributed by atoms with Crippen molar-refractivity contribution >= 4 is 18.2 Å². The summed E-state index contributed by atoms with van der Waals surface area (Å²) in [5, 5.41) is 6.89. The van der Waals surface area contributed by atoms with Crippen LogP contribution >= 0.6 is 0 Å². The van der Waals surface area contributed by atoms with E-state index in [9.17, 15) is 14.4 Å². The van der Waals surface area contributed by atoms with Crippen LogP contribution in [0.4, 0.5) is 0 Å². The summed E-state index contributed by atoms with van der Waals surface area (Å²) in [5.41, 5.74) is 1.92. The van der Waals surface area contributed by atoms with Gasteiger partial charge in [0.2, 0.25) is 0 Å². The molecule has 8 nitrogen and oxygen atoms in total. The maximum atomic E-state index is 13.2. The molecule has 0 saturated carbocycles. The van der Waals surface area contributed by atoms with Crippen molar-refractivity contribution in [1.82, 2.24) is 9.47 Å². The lowest BCUT2D eigenvalue weighted by Gasteiger charge is -2.37. The van der Waals surface area contributed by atoms with Crippen LogP contribution in [0.5, 0.6) is 5.75 Å². The zero-order valence-corrected chi connectivity index (χ0v) is 19.3. The number of rotatable bonds is 2. The molecule has 4 rings (SSSR count). The van der Waals surface area contributed by atoms with Gasteiger partial charge in [-0.1, -0.05) is 19.1 Å². The van der Waals surface area contributed by atoms with E-state index in [0.29, 0.717) is 43.7 Å². The van der Waals surface area contributed by atoms with Gasteiger partial charge in [-0.2, -0.15) is 0 Å². The third-order valence-electron chi connectivity index (χ3n) is 6.50. The van der Waals surface area contributed by atoms with Crippen LogP contribution in [-0.2, 0) is 18.3 Å². The van der Waals surface area contributed by atoms with Crippen molar-refractivity contribution in [3.8, 4) is 5.75 Å². The van der Waals surface area contributed by atoms with Gasteiger partial charge in [0.25, 0.3) is 17.9 Å². The molecule has 1 N–H and O–H groups in total. The lowest BCUT2D eigenvalue weighted by molar-refractivity contribution is -0.122. The Morgan fingerprint density at radius 2 is 1.91 bits per heavy atom. The zero-order chi connectivity index (χ0) is 24.2. The van der Waals surface area contributed by atoms with Crippen molar-refractivity contribution in [3.63, 3.8) is 0 Å². The number of carbonyl (C=O) groups excluding carboxylic acids is 2. The molecule has 2 aromatic rings. The number of carboxylic acid groups (broad SMARTS) is 1. The number of hydrogen-bond donors (Lipinski definition) is 1. The van der Waals surface area contributed by atoms with Gasteiger partial charge in [-0.25, -0.2) is 0 Å². The minimum atomic E-state index is -0.576. The summed E-state index contributed by atoms with van der Waals surface area (Å²) in [6, 6.07) is 9.08. The highest BCUT2D eigenvalue weighted by molar-refractivity contribution is 6.00. The molecule has 2 aliphatic rings. The molecule has 1 aromatic carbocycles. The predicted octanol–water partition coefficient (Wildman–Crippen LogP) is 2.99. The molecule has 8 heteroatoms. The molecule has 1 atom stereocenters. The van der Waals surface area contributed by atoms with Crippen molar-refractivity contribution in [2.24, 2.45) is 7.05 Å². The van der Waals surface area contributed by atoms with Crippen LogP contribution in [0.15, 0.2) is 35.1 Å². The second kappa shape index (κ2) is 10.0. The number of amides is 1. The summed E-state index contributed by atoms with van der Waals surface area (Å²) in [4.78, 5) is 48.8. The minimum absolute atomic E-state index is 0.0938. The van der Waals surface area contributed by atoms with E-state index in [0.717, 1.165) is 24.1 Å². The van der Waals surface area contributed by atoms with E-state index in [1.165, 1.54) is 0 Å². The molecule has 33 heavy (non-hydrogen) atoms. The molecule has 0 bridgehead atoms. The number of pyridine rings is 1. The van der Waals surface area contributed by atoms with E-state index >= 15 is 0 Å². The monoisotopic (exact) mass is 454 g/mol. The smallest absolute Gasteiger partial charge is 0.290 e. The maximum Gasteiger partial charge on any atom is 0.290 e. The van der Waals surface area contributed by atoms with E-state index in [1.54, 1.807) is 28.6 Å². The SMILES string of the molecule is CCc1c(C)cc(C(=O)N2CCCC3(CC2)CC(=O)c2ccccc2O3)c(=O)n1C.O=CO. The molecular formula is C25H30N2O6. The quantitative estimate of drug-likeness (QED) is 0.700. The Kier molecular flexibility index (Phi) is 7.36. The number of fused-ring (bicyclic) bond motifs is 1. The van der Waals surface area contributed by atoms with Crippen LogP contribution in [0.1, 0.15) is 64.6 Å². The molecule has 2 aliphatic heterocycles. The molecule has 1 saturated heterocycles. The van der Waals surface area contributed by atoms with E-state index < -0.39 is 5.60 Å². The number of aryl methyl sites for hydroxylation is 1. The summed E-state index contributed by atoms with van der Waals surface area (Å²) >= 11 is 0. The average Bonchev–Trinajstić information content (AvgIpc) is 2.99. The number of benzene rings is 1. The van der Waals surface area contributed by atoms with Crippen molar-refractivity contribution in [3.05, 3.63) is 63.1 Å². The number of ketones is 1. The standard InChI is InChI=1S/C24H28N2O4.CH2O2/c1-4-19-16(2)14-18(22(28)25(19)3)23(29)26-12-7-10-24(11-13-26)15-20(27)17-8-5-6-9-21(17)30-24;2-1-3/h5-6,8-9,14H,4,7,10-13,15H2,1-3H3;1H,(H,2,3). The van der Waals surface area contributed by atoms with Crippen LogP contribution in [0.3, 0.4) is 0 Å². The van der Waals surface area contributed by atoms with Crippen LogP contribution < -0.4 is 10.3 Å². The first-order valence-electron chi connectivity index (χ1n) is 11.1. The van der Waals surface area contributed by atoms with Gasteiger partial charge in [0.05, 0.1) is 12.0 Å². The first-order valence-corrected chi connectivity index (χ1v) is 11.1. The Hall–Kier alpha value is -3.42. The second-order valence-electron chi connectivity index (χ2n) is 8.54. The highest BCUT2D eigenvalue weighted by Crippen LogP contribution is 2.39. The molecule has 1 fully saturated rings. The molecule has 3 heterocycles. The molecule has 0 radical (unpaired) electrons. The Morgan fingerprint density at radius 1 is 1.21 bits per heavy atom. The van der Waals surface area contributed by atoms with Gasteiger partial charge in [-0.05, 0) is 49.9 Å². The Bertz CT molecular complexity index is 1120. The largest absolute Gasteiger partial charge is 0.486 e. The summed E-state index contributed by atoms with van der Waals surface area (Å²) in [7, 11) is 1.72. The topological polar surface area (TPSA) is 106 Å². The number of Topliss-reactive ketones (excluding diaryl/α,β-unsaturated/α-hetero) is 1. The van der Waals surface area contributed by atoms with Crippen molar-refractivity contribution in [2.75, 3.05) is 13.1 Å². The first-order chi connectivity index (χ1) is 15.8. The van der Waals surface area contributed by atoms with Gasteiger partial charge in [-0.3, -0.25) is 19.2 Å². The minimum Gasteiger partial charge on any atom is -0.486 e. The van der Waals surface area contributed by atoms with Crippen LogP contribution in [-0.4, -0.2) is 51.4 Å². The van der Waals surface area contributed by atoms with E-state index in [2.05, 4.69) is 0 Å². The average molecular weight is 455 g/mol. The molecule has 1 amide bonds. The van der Waals surface area contributed by atoms with Crippen LogP contribution in [0, 0.1) is 6.92 Å². The van der Waals surface area contributed by atoms with Gasteiger partial charge >= 0.3 is 0 Å². The second-order valence-corrected chi connectivity index (χ2v) is 8.54. The number of carbonyl (C=O) groups is 3. The normalized spacial score (nSPS) is 19.6. The van der Waals surface area contributed by atoms with Crippen molar-refractivity contribution in [2.45, 2.75) is 51.6 Å². The van der Waals surface area contributed by atoms with E-state index in [1.807, 2.05) is 32.0 Å². The molecular weight excluding hydrogens is 424 g/mol. The number of nitrogens with zero attached hydrogens (tertiary/aromatic N) is 2. The molecule has 1 unspecified atom stereocenters. The van der Waals surface area contributed by atoms with Crippen molar-refractivity contribution in [1.29, 1.82) is 0 Å². The van der Waals surface area contributed by atoms with Gasteiger partial charge in [0.1, 0.15) is 16.9 Å². The lowest BCUT2D eigenvalue weighted by Crippen LogP contribution is -2.43. The highest BCUT2D eigenvalue weighted by atomic mass is 16.5. The predicted molar refractivity (Wildman–Crippen MR) is 123 cm³/mol. The fourth-order valence-electron chi connectivity index (χ4n) is 4.86. The number of aromatic nitrogens is 1. The summed E-state index contributed by atoms with van der Waals surface area (Å²) < 4.78 is 7.90. The number of likely N-dealkylation sites (tertiary alicyclic amines) is 1. The third kappa shape index (κ3) is 4.84. The van der Waals surface area contributed by atoms with Gasteiger partial charge in [0, 0.05) is 32.3 Å². The van der Waals surface area contributed by atoms with E-state index in [4.69, 9.17) is 14.6 Å². The maximum absolute atomic E-state index is 13.2. The Balaban J connectivity index is 0.000000968. The highest BCUT2D eigenvalue weighted by Gasteiger charge is 2.42. The van der Waals surface area contributed by atoms with Gasteiger partial charge in [0.15, 0.2) is 5.78 Å². The fraction of sp³-hybridized carbons (Fsp3) is 0.440. The Labute approximate surface area is 192 Å². The summed E-state index contributed by atoms with van der Waals surface area (Å²) in [6.45, 7) is 4.70. The molecule has 0 aliphatic carbocycles. The van der Waals surface area contributed by atoms with Crippen molar-refractivity contribution < 1.29 is 24.2 Å². The number of ether oxygens (including phenoxy) is 1. The van der Waals surface area contributed by atoms with Gasteiger partial charge < -0.3 is 19.3 Å². The first kappa shape index (κ1) is 24.2. The van der Waals surface area contributed by atoms with E-state index in [-0.39, 0.29) is 29.3 Å². The Morgan fingerprint density at radius 3 is 2.61 bits per heavy atom. The molecule has 176 valence electrons. The number of hydrogen-bond acceptors (Lipinski definition) is 5.